The molecule has 0 aromatic rings. The van der Waals surface area contributed by atoms with Gasteiger partial charge in [0.15, 0.2) is 0 Å². The van der Waals surface area contributed by atoms with Crippen LogP contribution >= 0.6 is 0 Å². The lowest BCUT2D eigenvalue weighted by Gasteiger charge is -2.36. The van der Waals surface area contributed by atoms with E-state index in [1.54, 1.807) is 0 Å². The first kappa shape index (κ1) is 5.27. The normalized spacial score (nSPS) is 40.6. The highest BCUT2D eigenvalue weighted by atomic mass is 16.2. The van der Waals surface area contributed by atoms with Gasteiger partial charge in [0.25, 0.3) is 0 Å². The molecule has 2 saturated heterocycles. The van der Waals surface area contributed by atoms with E-state index < -0.39 is 0 Å². The van der Waals surface area contributed by atoms with Crippen LogP contribution < -0.4 is 0 Å². The van der Waals surface area contributed by atoms with Crippen molar-refractivity contribution in [3.8, 4) is 0 Å². The summed E-state index contributed by atoms with van der Waals surface area (Å²) in [6, 6.07) is 0.623. The molecule has 9 heavy (non-hydrogen) atoms. The molecule has 1 unspecified atom stereocenters. The topological polar surface area (TPSA) is 20.3 Å². The second-order valence-electron chi connectivity index (χ2n) is 3.12. The smallest absolute Gasteiger partial charge is 0.224 e. The van der Waals surface area contributed by atoms with Gasteiger partial charge in [-0.1, -0.05) is 6.92 Å². The zero-order chi connectivity index (χ0) is 6.43. The number of fused-ring (bicyclic) bond motifs is 1. The average Bonchev–Trinajstić information content (AvgIpc) is 2.07. The molecule has 0 bridgehead atoms. The third kappa shape index (κ3) is 0.533. The Morgan fingerprint density at radius 2 is 2.44 bits per heavy atom. The zero-order valence-corrected chi connectivity index (χ0v) is 5.63. The van der Waals surface area contributed by atoms with Crippen molar-refractivity contribution in [3.63, 3.8) is 0 Å². The van der Waals surface area contributed by atoms with Crippen molar-refractivity contribution >= 4 is 5.91 Å². The van der Waals surface area contributed by atoms with E-state index in [9.17, 15) is 4.79 Å². The molecule has 2 nitrogen and oxygen atoms in total. The van der Waals surface area contributed by atoms with Crippen molar-refractivity contribution in [2.24, 2.45) is 5.92 Å². The van der Waals surface area contributed by atoms with Crippen LogP contribution in [0.3, 0.4) is 0 Å². The van der Waals surface area contributed by atoms with Crippen molar-refractivity contribution < 1.29 is 4.79 Å². The molecule has 2 heterocycles. The van der Waals surface area contributed by atoms with Crippen LogP contribution in [0, 0.1) is 5.92 Å². The van der Waals surface area contributed by atoms with E-state index >= 15 is 0 Å². The summed E-state index contributed by atoms with van der Waals surface area (Å²) < 4.78 is 0. The molecule has 2 aliphatic heterocycles. The second kappa shape index (κ2) is 1.49. The molecule has 2 atom stereocenters. The molecule has 0 radical (unpaired) electrons. The van der Waals surface area contributed by atoms with Gasteiger partial charge in [-0.05, 0) is 12.3 Å². The molecule has 2 heteroatoms. The van der Waals surface area contributed by atoms with E-state index in [1.165, 1.54) is 6.42 Å². The summed E-state index contributed by atoms with van der Waals surface area (Å²) in [5, 5.41) is 0. The van der Waals surface area contributed by atoms with Crippen molar-refractivity contribution in [3.05, 3.63) is 0 Å². The molecule has 2 fully saturated rings. The molecule has 0 aromatic heterocycles. The van der Waals surface area contributed by atoms with Crippen molar-refractivity contribution in [2.75, 3.05) is 6.54 Å². The Hall–Kier alpha value is -0.530. The van der Waals surface area contributed by atoms with Crippen molar-refractivity contribution in [1.82, 2.24) is 4.90 Å². The summed E-state index contributed by atoms with van der Waals surface area (Å²) in [5.74, 6) is 1.13. The van der Waals surface area contributed by atoms with Gasteiger partial charge in [-0.2, -0.15) is 0 Å². The van der Waals surface area contributed by atoms with Gasteiger partial charge in [0.05, 0.1) is 0 Å². The first-order valence-electron chi connectivity index (χ1n) is 3.58. The Kier molecular flexibility index (Phi) is 0.875. The summed E-state index contributed by atoms with van der Waals surface area (Å²) in [4.78, 5) is 12.8. The number of carbonyl (C=O) groups is 1. The quantitative estimate of drug-likeness (QED) is 0.435. The first-order chi connectivity index (χ1) is 4.29. The number of rotatable bonds is 0. The molecule has 2 aliphatic rings. The molecular weight excluding hydrogens is 114 g/mol. The number of β-lactam (4-membered cyclic amide) rings is 1. The number of hydrogen-bond acceptors (Lipinski definition) is 1. The van der Waals surface area contributed by atoms with Gasteiger partial charge in [0.2, 0.25) is 5.91 Å². The van der Waals surface area contributed by atoms with Gasteiger partial charge in [-0.3, -0.25) is 4.79 Å². The molecule has 0 spiro atoms. The molecule has 0 N–H and O–H groups in total. The minimum absolute atomic E-state index is 0.365. The summed E-state index contributed by atoms with van der Waals surface area (Å²) in [6.45, 7) is 3.25. The highest BCUT2D eigenvalue weighted by Gasteiger charge is 2.43. The molecule has 0 aliphatic carbocycles. The lowest BCUT2D eigenvalue weighted by Crippen LogP contribution is -2.49. The van der Waals surface area contributed by atoms with Gasteiger partial charge in [0.1, 0.15) is 0 Å². The maximum absolute atomic E-state index is 10.8. The lowest BCUT2D eigenvalue weighted by atomic mass is 9.95. The van der Waals surface area contributed by atoms with Crippen molar-refractivity contribution in [1.29, 1.82) is 0 Å². The summed E-state index contributed by atoms with van der Waals surface area (Å²) in [5.41, 5.74) is 0. The molecule has 1 amide bonds. The van der Waals surface area contributed by atoms with Gasteiger partial charge < -0.3 is 4.90 Å². The van der Waals surface area contributed by atoms with Gasteiger partial charge >= 0.3 is 0 Å². The van der Waals surface area contributed by atoms with Crippen LogP contribution in [0.15, 0.2) is 0 Å². The highest BCUT2D eigenvalue weighted by molar-refractivity contribution is 5.83. The van der Waals surface area contributed by atoms with Gasteiger partial charge in [0, 0.05) is 19.0 Å². The number of hydrogen-bond donors (Lipinski definition) is 0. The SMILES string of the molecule is CC1CCN2C(=O)C[C@@H]12. The number of nitrogens with zero attached hydrogens (tertiary/aromatic N) is 1. The average molecular weight is 125 g/mol. The predicted octanol–water partition coefficient (Wildman–Crippen LogP) is 0.627. The maximum atomic E-state index is 10.8. The Labute approximate surface area is 54.8 Å². The molecule has 0 aromatic carbocycles. The Morgan fingerprint density at radius 3 is 2.89 bits per heavy atom. The fraction of sp³-hybridized carbons (Fsp3) is 0.857. The van der Waals surface area contributed by atoms with Crippen LogP contribution in [0.25, 0.3) is 0 Å². The van der Waals surface area contributed by atoms with Crippen LogP contribution in [0.2, 0.25) is 0 Å². The third-order valence-corrected chi connectivity index (χ3v) is 2.59. The van der Waals surface area contributed by atoms with Crippen LogP contribution in [-0.4, -0.2) is 23.4 Å². The summed E-state index contributed by atoms with van der Waals surface area (Å²) in [7, 11) is 0. The maximum Gasteiger partial charge on any atom is 0.224 e. The summed E-state index contributed by atoms with van der Waals surface area (Å²) >= 11 is 0. The Balaban J connectivity index is 2.11. The molecular formula is C7H11NO. The van der Waals surface area contributed by atoms with E-state index in [0.717, 1.165) is 18.9 Å². The second-order valence-corrected chi connectivity index (χ2v) is 3.12. The van der Waals surface area contributed by atoms with E-state index in [-0.39, 0.29) is 0 Å². The van der Waals surface area contributed by atoms with Gasteiger partial charge in [-0.15, -0.1) is 0 Å². The predicted molar refractivity (Wildman–Crippen MR) is 33.9 cm³/mol. The standard InChI is InChI=1S/C7H11NO/c1-5-2-3-8-6(5)4-7(8)9/h5-6H,2-4H2,1H3/t5?,6-/m0/s1. The third-order valence-electron chi connectivity index (χ3n) is 2.59. The molecule has 0 saturated carbocycles. The monoisotopic (exact) mass is 125 g/mol. The number of amides is 1. The molecule has 2 rings (SSSR count). The van der Waals surface area contributed by atoms with E-state index in [0.29, 0.717) is 11.9 Å². The van der Waals surface area contributed by atoms with Crippen molar-refractivity contribution in [2.45, 2.75) is 25.8 Å². The first-order valence-corrected chi connectivity index (χ1v) is 3.58. The minimum Gasteiger partial charge on any atom is -0.339 e. The Morgan fingerprint density at radius 1 is 1.67 bits per heavy atom. The Bertz CT molecular complexity index is 155. The number of carbonyl (C=O) groups excluding carboxylic acids is 1. The van der Waals surface area contributed by atoms with Crippen LogP contribution in [0.5, 0.6) is 0 Å². The van der Waals surface area contributed by atoms with E-state index in [1.807, 2.05) is 4.90 Å². The molecule has 50 valence electrons. The van der Waals surface area contributed by atoms with Crippen LogP contribution in [0.4, 0.5) is 0 Å². The highest BCUT2D eigenvalue weighted by Crippen LogP contribution is 2.34. The fourth-order valence-electron chi connectivity index (χ4n) is 1.81. The fourth-order valence-corrected chi connectivity index (χ4v) is 1.81. The minimum atomic E-state index is 0.365. The van der Waals surface area contributed by atoms with Crippen LogP contribution in [-0.2, 0) is 4.79 Å². The van der Waals surface area contributed by atoms with Crippen LogP contribution in [0.1, 0.15) is 19.8 Å². The van der Waals surface area contributed by atoms with Gasteiger partial charge in [-0.25, -0.2) is 0 Å². The van der Waals surface area contributed by atoms with E-state index in [4.69, 9.17) is 0 Å². The lowest BCUT2D eigenvalue weighted by molar-refractivity contribution is -0.143. The zero-order valence-electron chi connectivity index (χ0n) is 5.63. The largest absolute Gasteiger partial charge is 0.339 e. The summed E-state index contributed by atoms with van der Waals surface area (Å²) in [6.07, 6.45) is 2.04. The van der Waals surface area contributed by atoms with E-state index in [2.05, 4.69) is 6.92 Å².